The Morgan fingerprint density at radius 3 is 2.50 bits per heavy atom. The molecule has 1 fully saturated rings. The van der Waals surface area contributed by atoms with Crippen LogP contribution < -0.4 is 5.73 Å². The summed E-state index contributed by atoms with van der Waals surface area (Å²) in [6.45, 7) is 4.70. The predicted octanol–water partition coefficient (Wildman–Crippen LogP) is -0.769. The lowest BCUT2D eigenvalue weighted by Crippen LogP contribution is -2.61. The number of hydrogen-bond donors (Lipinski definition) is 1. The molecule has 0 saturated carbocycles. The molecule has 1 rings (SSSR count). The van der Waals surface area contributed by atoms with E-state index in [0.29, 0.717) is 19.7 Å². The van der Waals surface area contributed by atoms with E-state index in [-0.39, 0.29) is 6.10 Å². The molecule has 7 heteroatoms. The number of morpholine rings is 1. The van der Waals surface area contributed by atoms with Gasteiger partial charge in [0.05, 0.1) is 18.2 Å². The summed E-state index contributed by atoms with van der Waals surface area (Å²) in [6.07, 6.45) is -0.220. The number of nitrogens with two attached hydrogens (primary N) is 1. The van der Waals surface area contributed by atoms with Gasteiger partial charge >= 0.3 is 0 Å². The van der Waals surface area contributed by atoms with Crippen molar-refractivity contribution in [2.24, 2.45) is 5.73 Å². The van der Waals surface area contributed by atoms with Crippen molar-refractivity contribution in [2.75, 3.05) is 33.8 Å². The fraction of sp³-hybridized carbons (Fsp3) is 1.00. The Balaban J connectivity index is 2.98. The van der Waals surface area contributed by atoms with E-state index in [1.807, 2.05) is 13.8 Å². The zero-order valence-electron chi connectivity index (χ0n) is 10.3. The van der Waals surface area contributed by atoms with E-state index >= 15 is 0 Å². The van der Waals surface area contributed by atoms with Crippen molar-refractivity contribution in [3.63, 3.8) is 0 Å². The number of ether oxygens (including phenoxy) is 1. The van der Waals surface area contributed by atoms with Crippen LogP contribution in [0.4, 0.5) is 0 Å². The monoisotopic (exact) mass is 251 g/mol. The molecule has 6 nitrogen and oxygen atoms in total. The van der Waals surface area contributed by atoms with Crippen LogP contribution in [0.1, 0.15) is 13.8 Å². The van der Waals surface area contributed by atoms with Crippen molar-refractivity contribution in [3.8, 4) is 0 Å². The van der Waals surface area contributed by atoms with E-state index < -0.39 is 15.7 Å². The van der Waals surface area contributed by atoms with Gasteiger partial charge < -0.3 is 10.5 Å². The maximum absolute atomic E-state index is 12.1. The van der Waals surface area contributed by atoms with Crippen molar-refractivity contribution in [1.82, 2.24) is 8.61 Å². The van der Waals surface area contributed by atoms with Gasteiger partial charge in [0.2, 0.25) is 0 Å². The highest BCUT2D eigenvalue weighted by Crippen LogP contribution is 2.25. The molecular weight excluding hydrogens is 230 g/mol. The second-order valence-corrected chi connectivity index (χ2v) is 6.87. The van der Waals surface area contributed by atoms with Crippen LogP contribution in [0.25, 0.3) is 0 Å². The first-order chi connectivity index (χ1) is 7.21. The van der Waals surface area contributed by atoms with Crippen molar-refractivity contribution in [2.45, 2.75) is 25.5 Å². The molecule has 0 radical (unpaired) electrons. The molecule has 0 aliphatic carbocycles. The fourth-order valence-corrected chi connectivity index (χ4v) is 3.05. The third kappa shape index (κ3) is 2.54. The van der Waals surface area contributed by atoms with Gasteiger partial charge in [-0.1, -0.05) is 0 Å². The van der Waals surface area contributed by atoms with Crippen LogP contribution in [-0.2, 0) is 14.9 Å². The molecule has 1 atom stereocenters. The second-order valence-electron chi connectivity index (χ2n) is 4.80. The van der Waals surface area contributed by atoms with Crippen LogP contribution in [0.15, 0.2) is 0 Å². The highest BCUT2D eigenvalue weighted by Gasteiger charge is 2.42. The summed E-state index contributed by atoms with van der Waals surface area (Å²) in [5, 5.41) is 0. The van der Waals surface area contributed by atoms with Crippen molar-refractivity contribution in [1.29, 1.82) is 0 Å². The quantitative estimate of drug-likeness (QED) is 0.715. The largest absolute Gasteiger partial charge is 0.374 e. The third-order valence-corrected chi connectivity index (χ3v) is 4.84. The molecule has 0 spiro atoms. The molecule has 1 aliphatic heterocycles. The van der Waals surface area contributed by atoms with Crippen molar-refractivity contribution < 1.29 is 13.2 Å². The average Bonchev–Trinajstić information content (AvgIpc) is 2.16. The molecule has 2 N–H and O–H groups in total. The minimum absolute atomic E-state index is 0.220. The van der Waals surface area contributed by atoms with Crippen LogP contribution in [-0.4, -0.2) is 62.5 Å². The predicted molar refractivity (Wildman–Crippen MR) is 62.2 cm³/mol. The minimum atomic E-state index is -3.42. The number of nitrogens with zero attached hydrogens (tertiary/aromatic N) is 2. The maximum atomic E-state index is 12.1. The highest BCUT2D eigenvalue weighted by molar-refractivity contribution is 7.86. The molecule has 1 unspecified atom stereocenters. The molecule has 0 aromatic rings. The molecule has 0 aromatic heterocycles. The average molecular weight is 251 g/mol. The first-order valence-electron chi connectivity index (χ1n) is 5.24. The Morgan fingerprint density at radius 1 is 1.50 bits per heavy atom. The first kappa shape index (κ1) is 13.9. The minimum Gasteiger partial charge on any atom is -0.374 e. The summed E-state index contributed by atoms with van der Waals surface area (Å²) in [7, 11) is -0.367. The van der Waals surface area contributed by atoms with Gasteiger partial charge in [-0.25, -0.2) is 0 Å². The molecule has 1 aliphatic rings. The van der Waals surface area contributed by atoms with Crippen molar-refractivity contribution >= 4 is 10.2 Å². The summed E-state index contributed by atoms with van der Waals surface area (Å²) >= 11 is 0. The Morgan fingerprint density at radius 2 is 2.06 bits per heavy atom. The van der Waals surface area contributed by atoms with E-state index in [9.17, 15) is 8.42 Å². The second kappa shape index (κ2) is 4.58. The van der Waals surface area contributed by atoms with E-state index in [1.165, 1.54) is 22.7 Å². The molecular formula is C9H21N3O3S. The van der Waals surface area contributed by atoms with Crippen LogP contribution in [0, 0.1) is 0 Å². The lowest BCUT2D eigenvalue weighted by atomic mass is 10.0. The van der Waals surface area contributed by atoms with Gasteiger partial charge in [0, 0.05) is 27.2 Å². The summed E-state index contributed by atoms with van der Waals surface area (Å²) < 4.78 is 32.4. The molecule has 96 valence electrons. The van der Waals surface area contributed by atoms with Gasteiger partial charge in [0.15, 0.2) is 0 Å². The van der Waals surface area contributed by atoms with Crippen LogP contribution in [0.2, 0.25) is 0 Å². The standard InChI is InChI=1S/C9H21N3O3S/c1-9(2)7-15-8(5-10)6-12(9)16(13,14)11(3)4/h8H,5-7,10H2,1-4H3. The van der Waals surface area contributed by atoms with Gasteiger partial charge in [-0.3, -0.25) is 0 Å². The summed E-state index contributed by atoms with van der Waals surface area (Å²) in [5.41, 5.74) is 4.98. The molecule has 0 aromatic carbocycles. The smallest absolute Gasteiger partial charge is 0.282 e. The van der Waals surface area contributed by atoms with Crippen molar-refractivity contribution in [3.05, 3.63) is 0 Å². The molecule has 16 heavy (non-hydrogen) atoms. The third-order valence-electron chi connectivity index (χ3n) is 2.72. The van der Waals surface area contributed by atoms with Crippen LogP contribution in [0.3, 0.4) is 0 Å². The fourth-order valence-electron chi connectivity index (χ4n) is 1.62. The zero-order chi connectivity index (χ0) is 12.6. The number of hydrogen-bond acceptors (Lipinski definition) is 4. The van der Waals surface area contributed by atoms with E-state index in [1.54, 1.807) is 0 Å². The first-order valence-corrected chi connectivity index (χ1v) is 6.63. The summed E-state index contributed by atoms with van der Waals surface area (Å²) in [5.74, 6) is 0. The SMILES string of the molecule is CN(C)S(=O)(=O)N1CC(CN)OCC1(C)C. The Hall–Kier alpha value is -0.210. The highest BCUT2D eigenvalue weighted by atomic mass is 32.2. The van der Waals surface area contributed by atoms with Crippen LogP contribution in [0.5, 0.6) is 0 Å². The van der Waals surface area contributed by atoms with Gasteiger partial charge in [0.1, 0.15) is 0 Å². The lowest BCUT2D eigenvalue weighted by molar-refractivity contribution is -0.0605. The molecule has 1 heterocycles. The Bertz CT molecular complexity index is 340. The van der Waals surface area contributed by atoms with Crippen LogP contribution >= 0.6 is 0 Å². The molecule has 0 bridgehead atoms. The topological polar surface area (TPSA) is 75.9 Å². The van der Waals surface area contributed by atoms with Gasteiger partial charge in [-0.2, -0.15) is 17.0 Å². The van der Waals surface area contributed by atoms with E-state index in [0.717, 1.165) is 0 Å². The maximum Gasteiger partial charge on any atom is 0.282 e. The van der Waals surface area contributed by atoms with Gasteiger partial charge in [-0.15, -0.1) is 0 Å². The summed E-state index contributed by atoms with van der Waals surface area (Å²) in [4.78, 5) is 0. The zero-order valence-corrected chi connectivity index (χ0v) is 11.1. The van der Waals surface area contributed by atoms with E-state index in [2.05, 4.69) is 0 Å². The normalized spacial score (nSPS) is 27.2. The van der Waals surface area contributed by atoms with Gasteiger partial charge in [-0.05, 0) is 13.8 Å². The number of rotatable bonds is 3. The summed E-state index contributed by atoms with van der Waals surface area (Å²) in [6, 6.07) is 0. The molecule has 0 amide bonds. The van der Waals surface area contributed by atoms with Gasteiger partial charge in [0.25, 0.3) is 10.2 Å². The Labute approximate surface area is 97.5 Å². The lowest BCUT2D eigenvalue weighted by Gasteiger charge is -2.44. The Kier molecular flexibility index (Phi) is 3.96. The molecule has 1 saturated heterocycles. The van der Waals surface area contributed by atoms with E-state index in [4.69, 9.17) is 10.5 Å².